The maximum Gasteiger partial charge on any atom is 0.268 e. The van der Waals surface area contributed by atoms with Crippen molar-refractivity contribution in [3.63, 3.8) is 0 Å². The van der Waals surface area contributed by atoms with E-state index < -0.39 is 114 Å². The summed E-state index contributed by atoms with van der Waals surface area (Å²) in [6.45, 7) is -22.1. The number of pyridine rings is 1. The first-order valence-electron chi connectivity index (χ1n) is 18.0. The van der Waals surface area contributed by atoms with E-state index in [4.69, 9.17) is 30.2 Å². The molecule has 3 rings (SSSR count). The number of thiophene rings is 1. The van der Waals surface area contributed by atoms with Crippen LogP contribution < -0.4 is 10.9 Å². The highest BCUT2D eigenvalue weighted by atomic mass is 32.1. The molecule has 2 aromatic heterocycles. The van der Waals surface area contributed by atoms with Gasteiger partial charge in [-0.25, -0.2) is 0 Å². The van der Waals surface area contributed by atoms with Gasteiger partial charge in [0, 0.05) is 40.0 Å². The Balaban J connectivity index is 2.23. The van der Waals surface area contributed by atoms with Crippen molar-refractivity contribution in [2.24, 2.45) is 0 Å². The number of rotatable bonds is 6. The molecule has 0 aromatic carbocycles. The zero-order chi connectivity index (χ0) is 38.0. The molecule has 6 nitrogen and oxygen atoms in total. The molecule has 7 heteroatoms. The minimum Gasteiger partial charge on any atom is -0.506 e. The van der Waals surface area contributed by atoms with Gasteiger partial charge in [-0.3, -0.25) is 14.2 Å². The highest BCUT2D eigenvalue weighted by Gasteiger charge is 2.23. The number of amides is 1. The number of piperidine rings is 1. The summed E-state index contributed by atoms with van der Waals surface area (Å²) in [7, 11) is 0. The molecule has 142 valence electrons. The number of nitrogens with one attached hydrogen (secondary N) is 1. The minimum absolute atomic E-state index is 0.135. The van der Waals surface area contributed by atoms with E-state index in [9.17, 15) is 14.7 Å². The number of aromatic nitrogens is 1. The number of nitrogens with zero attached hydrogens (tertiary/aromatic N) is 2. The third kappa shape index (κ3) is 3.78. The molecule has 0 saturated carbocycles. The number of fused-ring (bicyclic) bond motifs is 1. The van der Waals surface area contributed by atoms with Gasteiger partial charge in [0.1, 0.15) is 16.1 Å². The largest absolute Gasteiger partial charge is 0.506 e. The van der Waals surface area contributed by atoms with Crippen LogP contribution in [0, 0.1) is 0 Å². The lowest BCUT2D eigenvalue weighted by Gasteiger charge is -2.26. The second-order valence-electron chi connectivity index (χ2n) is 4.68. The number of hydrogen-bond acceptors (Lipinski definition) is 5. The fourth-order valence-corrected chi connectivity index (χ4v) is 2.96. The number of likely N-dealkylation sites (tertiary alicyclic amines) is 1. The van der Waals surface area contributed by atoms with E-state index in [1.807, 2.05) is 0 Å². The molecule has 1 saturated heterocycles. The second-order valence-corrected chi connectivity index (χ2v) is 5.57. The first-order valence-corrected chi connectivity index (χ1v) is 7.76. The van der Waals surface area contributed by atoms with Crippen molar-refractivity contribution in [1.29, 1.82) is 0 Å². The van der Waals surface area contributed by atoms with Crippen LogP contribution in [0.25, 0.3) is 10.2 Å². The van der Waals surface area contributed by atoms with Gasteiger partial charge in [-0.05, 0) is 63.8 Å². The van der Waals surface area contributed by atoms with Crippen LogP contribution in [-0.4, -0.2) is 46.5 Å². The fraction of sp³-hybridized carbons (Fsp3) is 0.579. The maximum absolute atomic E-state index is 13.7. The van der Waals surface area contributed by atoms with Gasteiger partial charge >= 0.3 is 0 Å². The Bertz CT molecular complexity index is 1620. The highest BCUT2D eigenvalue weighted by molar-refractivity contribution is 7.16. The summed E-state index contributed by atoms with van der Waals surface area (Å²) in [5.74, 6) is -3.45. The van der Waals surface area contributed by atoms with Gasteiger partial charge < -0.3 is 15.3 Å². The number of hydrogen-bond donors (Lipinski definition) is 2. The van der Waals surface area contributed by atoms with E-state index in [0.29, 0.717) is 11.3 Å². The third-order valence-corrected chi connectivity index (χ3v) is 4.03. The lowest BCUT2D eigenvalue weighted by molar-refractivity contribution is 0.0946. The average Bonchev–Trinajstić information content (AvgIpc) is 3.39. The molecular formula is C19H27N3O3S. The van der Waals surface area contributed by atoms with Crippen LogP contribution in [0.1, 0.15) is 84.4 Å². The van der Waals surface area contributed by atoms with Crippen LogP contribution in [0.4, 0.5) is 0 Å². The van der Waals surface area contributed by atoms with Gasteiger partial charge in [-0.15, -0.1) is 11.3 Å². The molecule has 0 radical (unpaired) electrons. The number of aromatic hydroxyl groups is 1. The molecule has 1 aliphatic heterocycles. The van der Waals surface area contributed by atoms with E-state index >= 15 is 0 Å². The predicted molar refractivity (Wildman–Crippen MR) is 105 cm³/mol. The monoisotopic (exact) mass is 399 g/mol. The van der Waals surface area contributed by atoms with E-state index in [2.05, 4.69) is 0 Å². The zero-order valence-corrected chi connectivity index (χ0v) is 13.6. The van der Waals surface area contributed by atoms with Crippen molar-refractivity contribution in [3.05, 3.63) is 27.4 Å². The first-order chi connectivity index (χ1) is 21.1. The van der Waals surface area contributed by atoms with Crippen molar-refractivity contribution in [1.82, 2.24) is 14.8 Å². The lowest BCUT2D eigenvalue weighted by atomic mass is 10.1. The Morgan fingerprint density at radius 3 is 3.04 bits per heavy atom. The summed E-state index contributed by atoms with van der Waals surface area (Å²) in [4.78, 5) is 25.9. The van der Waals surface area contributed by atoms with E-state index in [0.717, 1.165) is 11.4 Å². The van der Waals surface area contributed by atoms with E-state index in [1.165, 1.54) is 0 Å². The quantitative estimate of drug-likeness (QED) is 0.783. The van der Waals surface area contributed by atoms with Crippen molar-refractivity contribution < 1.29 is 40.1 Å². The Morgan fingerprint density at radius 1 is 1.54 bits per heavy atom. The lowest BCUT2D eigenvalue weighted by Crippen LogP contribution is -2.36. The van der Waals surface area contributed by atoms with E-state index in [-0.39, 0.29) is 4.57 Å². The van der Waals surface area contributed by atoms with Crippen LogP contribution >= 0.6 is 11.3 Å². The Hall–Kier alpha value is -1.86. The topological polar surface area (TPSA) is 74.6 Å². The first kappa shape index (κ1) is 5.58. The van der Waals surface area contributed by atoms with Gasteiger partial charge in [-0.2, -0.15) is 0 Å². The highest BCUT2D eigenvalue weighted by Crippen LogP contribution is 2.31. The smallest absolute Gasteiger partial charge is 0.268 e. The Morgan fingerprint density at radius 2 is 2.31 bits per heavy atom. The van der Waals surface area contributed by atoms with Gasteiger partial charge in [0.15, 0.2) is 1.41 Å². The van der Waals surface area contributed by atoms with Gasteiger partial charge in [0.2, 0.25) is 0 Å². The van der Waals surface area contributed by atoms with Crippen LogP contribution in [-0.2, 0) is 0 Å². The molecule has 1 amide bonds. The number of carbonyl (C=O) groups is 1. The molecular weight excluding hydrogens is 350 g/mol. The number of carbonyl (C=O) groups excluding carboxylic acids is 1. The van der Waals surface area contributed by atoms with Gasteiger partial charge in [0.25, 0.3) is 11.5 Å². The summed E-state index contributed by atoms with van der Waals surface area (Å²) in [5, 5.41) is 10.7. The fourth-order valence-electron chi connectivity index (χ4n) is 2.06. The maximum atomic E-state index is 13.7. The molecule has 2 atom stereocenters. The third-order valence-electron chi connectivity index (χ3n) is 3.13. The van der Waals surface area contributed by atoms with Crippen molar-refractivity contribution >= 4 is 27.5 Å². The van der Waals surface area contributed by atoms with Crippen molar-refractivity contribution in [2.45, 2.75) is 45.2 Å². The van der Waals surface area contributed by atoms with Crippen LogP contribution in [0.2, 0.25) is 1.41 Å². The van der Waals surface area contributed by atoms with Gasteiger partial charge in [-0.1, -0.05) is 6.37 Å². The molecule has 0 bridgehead atoms. The molecule has 3 heterocycles. The van der Waals surface area contributed by atoms with Crippen molar-refractivity contribution in [2.75, 3.05) is 26.0 Å². The average molecular weight is 400 g/mol. The second kappa shape index (κ2) is 8.22. The molecule has 0 spiro atoms. The minimum atomic E-state index is -4.04. The van der Waals surface area contributed by atoms with Crippen LogP contribution in [0.15, 0.2) is 16.2 Å². The van der Waals surface area contributed by atoms with E-state index in [1.54, 1.807) is 0 Å². The molecule has 1 aliphatic rings. The summed E-state index contributed by atoms with van der Waals surface area (Å²) in [6.07, 6.45) is -15.9. The van der Waals surface area contributed by atoms with Crippen LogP contribution in [0.5, 0.6) is 5.75 Å². The van der Waals surface area contributed by atoms with Gasteiger partial charge in [0.05, 0.1) is 6.76 Å². The SMILES string of the molecule is [2H]C(N([2H])C(=O)c1c(O)c2ccsc2n(C([2H])(C([2H])([2H])[2H])C([2H])([2H])[2H])c1=O)C([2H])([2H])C([2H])N1C([2H])([2H])C([2H])([2H])C([2H])([2H])C([2H])([2H])C1([2H])[2H]. The normalized spacial score (nSPS) is 42.2. The molecule has 2 aromatic rings. The van der Waals surface area contributed by atoms with Crippen molar-refractivity contribution in [3.8, 4) is 5.75 Å². The zero-order valence-electron chi connectivity index (χ0n) is 34.8. The molecule has 26 heavy (non-hydrogen) atoms. The molecule has 2 N–H and O–H groups in total. The summed E-state index contributed by atoms with van der Waals surface area (Å²) < 4.78 is 177. The van der Waals surface area contributed by atoms with Crippen LogP contribution in [0.3, 0.4) is 0 Å². The molecule has 1 fully saturated rings. The summed E-state index contributed by atoms with van der Waals surface area (Å²) >= 11 is 0.484. The predicted octanol–water partition coefficient (Wildman–Crippen LogP) is 2.96. The summed E-state index contributed by atoms with van der Waals surface area (Å²) in [5.41, 5.74) is -3.60. The standard InChI is InChI=1S/C19H27N3O3S/c1-13(2)22-18(25)15(16(23)14-7-12-26-19(14)22)17(24)20-8-6-11-21-9-4-3-5-10-21/h7,12-13,23H,3-6,8-11H2,1-2H3,(H,20,24)/i1D3,2D3,3D2,4D2,5D2,6D2,8D,9D2,10D2,11D,13D/hD. The Kier molecular flexibility index (Phi) is 1.76. The Labute approximate surface area is 188 Å². The molecule has 2 unspecified atom stereocenters. The summed E-state index contributed by atoms with van der Waals surface area (Å²) in [6, 6.07) is -2.85. The molecule has 0 aliphatic carbocycles.